The highest BCUT2D eigenvalue weighted by atomic mass is 32.2. The van der Waals surface area contributed by atoms with Crippen molar-refractivity contribution in [2.75, 3.05) is 12.3 Å². The second kappa shape index (κ2) is 4.66. The summed E-state index contributed by atoms with van der Waals surface area (Å²) in [7, 11) is -3.47. The van der Waals surface area contributed by atoms with Gasteiger partial charge in [0, 0.05) is 6.54 Å². The van der Waals surface area contributed by atoms with E-state index < -0.39 is 10.0 Å². The van der Waals surface area contributed by atoms with E-state index in [1.807, 2.05) is 0 Å². The largest absolute Gasteiger partial charge is 0.398 e. The molecule has 0 radical (unpaired) electrons. The molecule has 3 N–H and O–H groups in total. The average molecular weight is 254 g/mol. The highest BCUT2D eigenvalue weighted by Gasteiger charge is 2.29. The Morgan fingerprint density at radius 1 is 1.41 bits per heavy atom. The third-order valence-corrected chi connectivity index (χ3v) is 4.73. The van der Waals surface area contributed by atoms with Crippen LogP contribution in [0.5, 0.6) is 0 Å². The number of hydrogen-bond donors (Lipinski definition) is 2. The van der Waals surface area contributed by atoms with Gasteiger partial charge in [0.05, 0.1) is 5.69 Å². The Hall–Kier alpha value is -1.07. The molecule has 0 saturated heterocycles. The first-order chi connectivity index (χ1) is 8.00. The number of nitrogens with one attached hydrogen (secondary N) is 1. The number of hydrogen-bond acceptors (Lipinski definition) is 3. The third kappa shape index (κ3) is 2.98. The zero-order valence-electron chi connectivity index (χ0n) is 9.89. The lowest BCUT2D eigenvalue weighted by molar-refractivity contribution is 0.492. The molecule has 1 aliphatic rings. The molecule has 1 unspecified atom stereocenters. The fraction of sp³-hybridized carbons (Fsp3) is 0.500. The minimum atomic E-state index is -3.47. The Morgan fingerprint density at radius 3 is 2.65 bits per heavy atom. The van der Waals surface area contributed by atoms with Crippen LogP contribution in [0.25, 0.3) is 0 Å². The Kier molecular flexibility index (Phi) is 3.40. The molecule has 2 rings (SSSR count). The maximum Gasteiger partial charge on any atom is 0.242 e. The lowest BCUT2D eigenvalue weighted by Crippen LogP contribution is -2.29. The van der Waals surface area contributed by atoms with Crippen LogP contribution in [0.4, 0.5) is 5.69 Å². The standard InChI is InChI=1S/C12H18N2O2S/c1-9(10-6-7-10)8-14-17(15,16)12-5-3-2-4-11(12)13/h2-5,9-10,14H,6-8,13H2,1H3. The highest BCUT2D eigenvalue weighted by molar-refractivity contribution is 7.89. The molecule has 0 bridgehead atoms. The van der Waals surface area contributed by atoms with Crippen LogP contribution >= 0.6 is 0 Å². The van der Waals surface area contributed by atoms with Gasteiger partial charge in [-0.1, -0.05) is 19.1 Å². The molecule has 1 aromatic rings. The zero-order chi connectivity index (χ0) is 12.5. The lowest BCUT2D eigenvalue weighted by Gasteiger charge is -2.12. The molecule has 1 atom stereocenters. The minimum Gasteiger partial charge on any atom is -0.398 e. The summed E-state index contributed by atoms with van der Waals surface area (Å²) in [6.07, 6.45) is 2.44. The smallest absolute Gasteiger partial charge is 0.242 e. The molecular formula is C12H18N2O2S. The molecule has 1 aromatic carbocycles. The van der Waals surface area contributed by atoms with Crippen LogP contribution in [0.15, 0.2) is 29.2 Å². The molecule has 5 heteroatoms. The summed E-state index contributed by atoms with van der Waals surface area (Å²) in [5.74, 6) is 1.08. The van der Waals surface area contributed by atoms with E-state index in [0.717, 1.165) is 0 Å². The zero-order valence-corrected chi connectivity index (χ0v) is 10.7. The summed E-state index contributed by atoms with van der Waals surface area (Å²) >= 11 is 0. The van der Waals surface area contributed by atoms with Gasteiger partial charge in [0.25, 0.3) is 0 Å². The predicted molar refractivity (Wildman–Crippen MR) is 67.9 cm³/mol. The van der Waals surface area contributed by atoms with Crippen molar-refractivity contribution in [2.24, 2.45) is 11.8 Å². The van der Waals surface area contributed by atoms with Gasteiger partial charge in [0.2, 0.25) is 10.0 Å². The Bertz CT molecular complexity index is 495. The van der Waals surface area contributed by atoms with E-state index in [1.54, 1.807) is 18.2 Å². The van der Waals surface area contributed by atoms with Crippen molar-refractivity contribution in [2.45, 2.75) is 24.7 Å². The number of nitrogen functional groups attached to an aromatic ring is 1. The normalized spacial score (nSPS) is 17.9. The quantitative estimate of drug-likeness (QED) is 0.784. The van der Waals surface area contributed by atoms with Crippen LogP contribution in [0.3, 0.4) is 0 Å². The van der Waals surface area contributed by atoms with Crippen molar-refractivity contribution in [3.63, 3.8) is 0 Å². The summed E-state index contributed by atoms with van der Waals surface area (Å²) in [5.41, 5.74) is 5.96. The van der Waals surface area contributed by atoms with Crippen molar-refractivity contribution in [1.82, 2.24) is 4.72 Å². The van der Waals surface area contributed by atoms with Crippen LogP contribution in [-0.2, 0) is 10.0 Å². The summed E-state index contributed by atoms with van der Waals surface area (Å²) in [6.45, 7) is 2.57. The van der Waals surface area contributed by atoms with Gasteiger partial charge in [0.15, 0.2) is 0 Å². The van der Waals surface area contributed by atoms with Crippen molar-refractivity contribution < 1.29 is 8.42 Å². The number of para-hydroxylation sites is 1. The van der Waals surface area contributed by atoms with Crippen molar-refractivity contribution >= 4 is 15.7 Å². The van der Waals surface area contributed by atoms with E-state index in [0.29, 0.717) is 24.1 Å². The summed E-state index contributed by atoms with van der Waals surface area (Å²) < 4.78 is 26.6. The first-order valence-corrected chi connectivity index (χ1v) is 7.33. The van der Waals surface area contributed by atoms with Crippen molar-refractivity contribution in [3.8, 4) is 0 Å². The van der Waals surface area contributed by atoms with Gasteiger partial charge in [-0.05, 0) is 36.8 Å². The van der Waals surface area contributed by atoms with Gasteiger partial charge in [-0.2, -0.15) is 0 Å². The molecule has 0 amide bonds. The molecule has 1 aliphatic carbocycles. The maximum atomic E-state index is 12.0. The molecule has 1 fully saturated rings. The lowest BCUT2D eigenvalue weighted by atomic mass is 10.1. The van der Waals surface area contributed by atoms with Gasteiger partial charge in [-0.25, -0.2) is 13.1 Å². The van der Waals surface area contributed by atoms with E-state index in [9.17, 15) is 8.42 Å². The van der Waals surface area contributed by atoms with Crippen LogP contribution < -0.4 is 10.5 Å². The molecule has 1 saturated carbocycles. The number of anilines is 1. The number of rotatable bonds is 5. The fourth-order valence-electron chi connectivity index (χ4n) is 1.88. The molecule has 17 heavy (non-hydrogen) atoms. The minimum absolute atomic E-state index is 0.169. The summed E-state index contributed by atoms with van der Waals surface area (Å²) in [4.78, 5) is 0.169. The third-order valence-electron chi connectivity index (χ3n) is 3.23. The first-order valence-electron chi connectivity index (χ1n) is 5.85. The SMILES string of the molecule is CC(CNS(=O)(=O)c1ccccc1N)C1CC1. The molecule has 94 valence electrons. The monoisotopic (exact) mass is 254 g/mol. The average Bonchev–Trinajstić information content (AvgIpc) is 3.10. The Morgan fingerprint density at radius 2 is 2.06 bits per heavy atom. The Labute approximate surface area is 102 Å². The van der Waals surface area contributed by atoms with E-state index >= 15 is 0 Å². The second-order valence-electron chi connectivity index (χ2n) is 4.70. The molecule has 0 spiro atoms. The van der Waals surface area contributed by atoms with Crippen LogP contribution in [0.1, 0.15) is 19.8 Å². The summed E-state index contributed by atoms with van der Waals surface area (Å²) in [6, 6.07) is 6.52. The summed E-state index contributed by atoms with van der Waals surface area (Å²) in [5, 5.41) is 0. The van der Waals surface area contributed by atoms with Crippen molar-refractivity contribution in [1.29, 1.82) is 0 Å². The van der Waals surface area contributed by atoms with Crippen molar-refractivity contribution in [3.05, 3.63) is 24.3 Å². The van der Waals surface area contributed by atoms with E-state index in [4.69, 9.17) is 5.73 Å². The molecule has 0 aliphatic heterocycles. The van der Waals surface area contributed by atoms with Gasteiger partial charge in [-0.15, -0.1) is 0 Å². The predicted octanol–water partition coefficient (Wildman–Crippen LogP) is 1.59. The first kappa shape index (κ1) is 12.4. The van der Waals surface area contributed by atoms with Crippen LogP contribution in [0, 0.1) is 11.8 Å². The Balaban J connectivity index is 2.05. The van der Waals surface area contributed by atoms with Gasteiger partial charge < -0.3 is 5.73 Å². The van der Waals surface area contributed by atoms with E-state index in [2.05, 4.69) is 11.6 Å². The van der Waals surface area contributed by atoms with E-state index in [1.165, 1.54) is 18.9 Å². The number of sulfonamides is 1. The van der Waals surface area contributed by atoms with Gasteiger partial charge in [-0.3, -0.25) is 0 Å². The van der Waals surface area contributed by atoms with E-state index in [-0.39, 0.29) is 4.90 Å². The maximum absolute atomic E-state index is 12.0. The fourth-order valence-corrected chi connectivity index (χ4v) is 3.15. The molecule has 0 aromatic heterocycles. The van der Waals surface area contributed by atoms with Gasteiger partial charge >= 0.3 is 0 Å². The molecular weight excluding hydrogens is 236 g/mol. The number of benzene rings is 1. The van der Waals surface area contributed by atoms with Crippen LogP contribution in [-0.4, -0.2) is 15.0 Å². The van der Waals surface area contributed by atoms with Crippen LogP contribution in [0.2, 0.25) is 0 Å². The number of nitrogens with two attached hydrogens (primary N) is 1. The van der Waals surface area contributed by atoms with Gasteiger partial charge in [0.1, 0.15) is 4.90 Å². The highest BCUT2D eigenvalue weighted by Crippen LogP contribution is 2.36. The topological polar surface area (TPSA) is 72.2 Å². The molecule has 0 heterocycles. The molecule has 4 nitrogen and oxygen atoms in total. The second-order valence-corrected chi connectivity index (χ2v) is 6.44.